The molecule has 22 heavy (non-hydrogen) atoms. The summed E-state index contributed by atoms with van der Waals surface area (Å²) < 4.78 is 16.4. The first-order valence-electron chi connectivity index (χ1n) is 7.42. The molecule has 0 saturated heterocycles. The van der Waals surface area contributed by atoms with Gasteiger partial charge in [-0.05, 0) is 37.5 Å². The van der Waals surface area contributed by atoms with Crippen molar-refractivity contribution in [3.63, 3.8) is 0 Å². The predicted molar refractivity (Wildman–Crippen MR) is 81.3 cm³/mol. The second kappa shape index (κ2) is 6.38. The lowest BCUT2D eigenvalue weighted by Gasteiger charge is -2.16. The number of hydrogen-bond donors (Lipinski definition) is 0. The first-order chi connectivity index (χ1) is 10.3. The standard InChI is InChI=1S/C17H22O5/c1-9-10(2)17-15(11(3)16(9)21-13(5)19)8-14(22-17)6-7-20-12(4)18/h14H,6-8H2,1-5H3/t14-/m1/s1. The van der Waals surface area contributed by atoms with Gasteiger partial charge in [0.1, 0.15) is 17.6 Å². The predicted octanol–water partition coefficient (Wildman–Crippen LogP) is 2.79. The molecule has 5 heteroatoms. The van der Waals surface area contributed by atoms with Crippen molar-refractivity contribution in [2.45, 2.75) is 53.6 Å². The molecule has 1 aromatic rings. The third-order valence-electron chi connectivity index (χ3n) is 4.02. The van der Waals surface area contributed by atoms with Crippen LogP contribution in [0.15, 0.2) is 0 Å². The molecule has 1 aliphatic rings. The number of esters is 2. The van der Waals surface area contributed by atoms with Crippen molar-refractivity contribution in [1.82, 2.24) is 0 Å². The van der Waals surface area contributed by atoms with Gasteiger partial charge in [0.05, 0.1) is 6.61 Å². The SMILES string of the molecule is CC(=O)OCC[C@@H]1Cc2c(C)c(OC(C)=O)c(C)c(C)c2O1. The fourth-order valence-electron chi connectivity index (χ4n) is 2.79. The minimum absolute atomic E-state index is 0.0151. The van der Waals surface area contributed by atoms with E-state index in [1.54, 1.807) is 0 Å². The number of ether oxygens (including phenoxy) is 3. The van der Waals surface area contributed by atoms with Crippen LogP contribution in [0.5, 0.6) is 11.5 Å². The Morgan fingerprint density at radius 2 is 1.77 bits per heavy atom. The summed E-state index contributed by atoms with van der Waals surface area (Å²) in [6.07, 6.45) is 1.37. The molecule has 1 heterocycles. The van der Waals surface area contributed by atoms with E-state index in [-0.39, 0.29) is 18.0 Å². The Morgan fingerprint density at radius 1 is 1.09 bits per heavy atom. The fourth-order valence-corrected chi connectivity index (χ4v) is 2.79. The van der Waals surface area contributed by atoms with E-state index < -0.39 is 0 Å². The summed E-state index contributed by atoms with van der Waals surface area (Å²) in [6.45, 7) is 8.99. The lowest BCUT2D eigenvalue weighted by atomic mass is 9.95. The van der Waals surface area contributed by atoms with Crippen molar-refractivity contribution in [1.29, 1.82) is 0 Å². The average Bonchev–Trinajstić information content (AvgIpc) is 2.85. The van der Waals surface area contributed by atoms with Crippen LogP contribution >= 0.6 is 0 Å². The maximum absolute atomic E-state index is 11.3. The molecule has 2 rings (SSSR count). The minimum Gasteiger partial charge on any atom is -0.489 e. The molecule has 0 N–H and O–H groups in total. The van der Waals surface area contributed by atoms with Gasteiger partial charge in [0.2, 0.25) is 0 Å². The molecule has 120 valence electrons. The van der Waals surface area contributed by atoms with Crippen LogP contribution < -0.4 is 9.47 Å². The van der Waals surface area contributed by atoms with Gasteiger partial charge in [-0.3, -0.25) is 9.59 Å². The summed E-state index contributed by atoms with van der Waals surface area (Å²) in [6, 6.07) is 0. The largest absolute Gasteiger partial charge is 0.489 e. The molecular weight excluding hydrogens is 284 g/mol. The smallest absolute Gasteiger partial charge is 0.308 e. The Balaban J connectivity index is 2.22. The van der Waals surface area contributed by atoms with Crippen molar-refractivity contribution in [3.8, 4) is 11.5 Å². The molecule has 0 unspecified atom stereocenters. The van der Waals surface area contributed by atoms with Gasteiger partial charge in [0.25, 0.3) is 0 Å². The summed E-state index contributed by atoms with van der Waals surface area (Å²) in [5, 5.41) is 0. The van der Waals surface area contributed by atoms with Crippen LogP contribution in [0.2, 0.25) is 0 Å². The molecule has 1 aliphatic heterocycles. The van der Waals surface area contributed by atoms with Gasteiger partial charge < -0.3 is 14.2 Å². The van der Waals surface area contributed by atoms with Crippen LogP contribution in [0.4, 0.5) is 0 Å². The third-order valence-corrected chi connectivity index (χ3v) is 4.02. The van der Waals surface area contributed by atoms with E-state index in [4.69, 9.17) is 14.2 Å². The monoisotopic (exact) mass is 306 g/mol. The number of carbonyl (C=O) groups is 2. The molecule has 1 atom stereocenters. The first-order valence-corrected chi connectivity index (χ1v) is 7.42. The van der Waals surface area contributed by atoms with E-state index in [9.17, 15) is 9.59 Å². The quantitative estimate of drug-likeness (QED) is 0.632. The molecular formula is C17H22O5. The Labute approximate surface area is 130 Å². The zero-order valence-corrected chi connectivity index (χ0v) is 13.7. The highest BCUT2D eigenvalue weighted by Gasteiger charge is 2.30. The zero-order valence-electron chi connectivity index (χ0n) is 13.7. The average molecular weight is 306 g/mol. The van der Waals surface area contributed by atoms with E-state index in [2.05, 4.69) is 0 Å². The normalized spacial score (nSPS) is 16.0. The Kier molecular flexibility index (Phi) is 4.74. The molecule has 0 amide bonds. The summed E-state index contributed by atoms with van der Waals surface area (Å²) in [4.78, 5) is 22.1. The Hall–Kier alpha value is -2.04. The van der Waals surface area contributed by atoms with Gasteiger partial charge in [0.15, 0.2) is 0 Å². The highest BCUT2D eigenvalue weighted by atomic mass is 16.5. The summed E-state index contributed by atoms with van der Waals surface area (Å²) in [5.74, 6) is 0.901. The molecule has 0 spiro atoms. The number of rotatable bonds is 4. The molecule has 0 fully saturated rings. The van der Waals surface area contributed by atoms with Gasteiger partial charge in [-0.2, -0.15) is 0 Å². The fraction of sp³-hybridized carbons (Fsp3) is 0.529. The van der Waals surface area contributed by atoms with Gasteiger partial charge in [0, 0.05) is 32.3 Å². The zero-order chi connectivity index (χ0) is 16.4. The minimum atomic E-state index is -0.323. The Bertz CT molecular complexity index is 618. The number of carbonyl (C=O) groups excluding carboxylic acids is 2. The number of fused-ring (bicyclic) bond motifs is 1. The van der Waals surface area contributed by atoms with Crippen molar-refractivity contribution in [2.24, 2.45) is 0 Å². The number of benzene rings is 1. The van der Waals surface area contributed by atoms with E-state index in [0.717, 1.165) is 34.4 Å². The van der Waals surface area contributed by atoms with E-state index >= 15 is 0 Å². The van der Waals surface area contributed by atoms with Gasteiger partial charge in [-0.1, -0.05) is 0 Å². The van der Waals surface area contributed by atoms with Crippen molar-refractivity contribution >= 4 is 11.9 Å². The van der Waals surface area contributed by atoms with Crippen LogP contribution in [-0.4, -0.2) is 24.6 Å². The number of hydrogen-bond acceptors (Lipinski definition) is 5. The Morgan fingerprint density at radius 3 is 2.36 bits per heavy atom. The van der Waals surface area contributed by atoms with Crippen LogP contribution in [0.3, 0.4) is 0 Å². The van der Waals surface area contributed by atoms with Crippen LogP contribution in [0.25, 0.3) is 0 Å². The maximum Gasteiger partial charge on any atom is 0.308 e. The van der Waals surface area contributed by atoms with Gasteiger partial charge in [-0.15, -0.1) is 0 Å². The summed E-state index contributed by atoms with van der Waals surface area (Å²) in [5.41, 5.74) is 3.94. The summed E-state index contributed by atoms with van der Waals surface area (Å²) >= 11 is 0. The van der Waals surface area contributed by atoms with Crippen molar-refractivity contribution < 1.29 is 23.8 Å². The molecule has 1 aromatic carbocycles. The van der Waals surface area contributed by atoms with Crippen molar-refractivity contribution in [3.05, 3.63) is 22.3 Å². The van der Waals surface area contributed by atoms with E-state index in [0.29, 0.717) is 18.8 Å². The van der Waals surface area contributed by atoms with E-state index in [1.807, 2.05) is 20.8 Å². The second-order valence-corrected chi connectivity index (χ2v) is 5.68. The molecule has 0 bridgehead atoms. The highest BCUT2D eigenvalue weighted by Crippen LogP contribution is 2.42. The van der Waals surface area contributed by atoms with Gasteiger partial charge in [-0.25, -0.2) is 0 Å². The lowest BCUT2D eigenvalue weighted by molar-refractivity contribution is -0.141. The topological polar surface area (TPSA) is 61.8 Å². The highest BCUT2D eigenvalue weighted by molar-refractivity contribution is 5.72. The summed E-state index contributed by atoms with van der Waals surface area (Å²) in [7, 11) is 0. The second-order valence-electron chi connectivity index (χ2n) is 5.68. The van der Waals surface area contributed by atoms with E-state index in [1.165, 1.54) is 13.8 Å². The first kappa shape index (κ1) is 16.3. The van der Waals surface area contributed by atoms with Gasteiger partial charge >= 0.3 is 11.9 Å². The lowest BCUT2D eigenvalue weighted by Crippen LogP contribution is -2.17. The molecule has 0 radical (unpaired) electrons. The maximum atomic E-state index is 11.3. The molecule has 5 nitrogen and oxygen atoms in total. The molecule has 0 aromatic heterocycles. The van der Waals surface area contributed by atoms with Crippen LogP contribution in [0.1, 0.15) is 42.5 Å². The molecule has 0 aliphatic carbocycles. The third kappa shape index (κ3) is 3.24. The van der Waals surface area contributed by atoms with Crippen LogP contribution in [0, 0.1) is 20.8 Å². The molecule has 0 saturated carbocycles. The van der Waals surface area contributed by atoms with Crippen LogP contribution in [-0.2, 0) is 20.7 Å². The van der Waals surface area contributed by atoms with Crippen molar-refractivity contribution in [2.75, 3.05) is 6.61 Å².